The second-order valence-corrected chi connectivity index (χ2v) is 5.30. The molecule has 16 heavy (non-hydrogen) atoms. The Morgan fingerprint density at radius 3 is 2.75 bits per heavy atom. The lowest BCUT2D eigenvalue weighted by atomic mass is 9.77. The fourth-order valence-electron chi connectivity index (χ4n) is 2.60. The third-order valence-electron chi connectivity index (χ3n) is 3.49. The zero-order chi connectivity index (χ0) is 12.0. The molecule has 1 fully saturated rings. The third-order valence-corrected chi connectivity index (χ3v) is 3.49. The molecule has 0 N–H and O–H groups in total. The smallest absolute Gasteiger partial charge is 0.136 e. The summed E-state index contributed by atoms with van der Waals surface area (Å²) in [5.41, 5.74) is 0. The zero-order valence-corrected chi connectivity index (χ0v) is 11.0. The van der Waals surface area contributed by atoms with Crippen LogP contribution in [0.4, 0.5) is 0 Å². The molecule has 1 aliphatic carbocycles. The molecule has 0 radical (unpaired) electrons. The first-order valence-electron chi connectivity index (χ1n) is 6.77. The van der Waals surface area contributed by atoms with Crippen LogP contribution in [0.2, 0.25) is 0 Å². The summed E-state index contributed by atoms with van der Waals surface area (Å²) < 4.78 is 5.54. The maximum absolute atomic E-state index is 11.8. The predicted molar refractivity (Wildman–Crippen MR) is 66.5 cm³/mol. The molecule has 0 aromatic carbocycles. The highest BCUT2D eigenvalue weighted by Crippen LogP contribution is 2.31. The van der Waals surface area contributed by atoms with Crippen molar-refractivity contribution < 1.29 is 9.53 Å². The van der Waals surface area contributed by atoms with Crippen molar-refractivity contribution in [2.24, 2.45) is 11.8 Å². The Morgan fingerprint density at radius 2 is 2.12 bits per heavy atom. The fourth-order valence-corrected chi connectivity index (χ4v) is 2.60. The van der Waals surface area contributed by atoms with Gasteiger partial charge in [-0.3, -0.25) is 4.79 Å². The molecule has 0 saturated heterocycles. The second-order valence-electron chi connectivity index (χ2n) is 5.30. The molecule has 0 spiro atoms. The molecule has 0 heterocycles. The van der Waals surface area contributed by atoms with Gasteiger partial charge >= 0.3 is 0 Å². The quantitative estimate of drug-likeness (QED) is 0.692. The summed E-state index contributed by atoms with van der Waals surface area (Å²) in [5.74, 6) is 1.54. The van der Waals surface area contributed by atoms with Crippen molar-refractivity contribution in [1.82, 2.24) is 0 Å². The molecular weight excluding hydrogens is 200 g/mol. The summed E-state index contributed by atoms with van der Waals surface area (Å²) in [6, 6.07) is 0. The van der Waals surface area contributed by atoms with E-state index in [2.05, 4.69) is 6.92 Å². The molecule has 94 valence electrons. The lowest BCUT2D eigenvalue weighted by molar-refractivity contribution is -0.126. The van der Waals surface area contributed by atoms with Crippen molar-refractivity contribution in [3.8, 4) is 0 Å². The maximum Gasteiger partial charge on any atom is 0.136 e. The number of ketones is 1. The fraction of sp³-hybridized carbons (Fsp3) is 0.929. The number of ether oxygens (including phenoxy) is 1. The van der Waals surface area contributed by atoms with Gasteiger partial charge in [-0.2, -0.15) is 0 Å². The van der Waals surface area contributed by atoms with E-state index in [-0.39, 0.29) is 12.0 Å². The van der Waals surface area contributed by atoms with Crippen LogP contribution < -0.4 is 0 Å². The molecule has 0 bridgehead atoms. The molecule has 2 unspecified atom stereocenters. The molecule has 0 aromatic rings. The van der Waals surface area contributed by atoms with Crippen molar-refractivity contribution in [2.45, 2.75) is 65.4 Å². The first kappa shape index (κ1) is 13.7. The Morgan fingerprint density at radius 1 is 1.38 bits per heavy atom. The van der Waals surface area contributed by atoms with Gasteiger partial charge in [0.1, 0.15) is 5.78 Å². The van der Waals surface area contributed by atoms with Crippen LogP contribution in [0.25, 0.3) is 0 Å². The van der Waals surface area contributed by atoms with E-state index < -0.39 is 0 Å². The van der Waals surface area contributed by atoms with Gasteiger partial charge in [-0.25, -0.2) is 0 Å². The lowest BCUT2D eigenvalue weighted by Crippen LogP contribution is -2.26. The van der Waals surface area contributed by atoms with Crippen molar-refractivity contribution in [3.63, 3.8) is 0 Å². The van der Waals surface area contributed by atoms with Gasteiger partial charge < -0.3 is 4.74 Å². The topological polar surface area (TPSA) is 26.3 Å². The third kappa shape index (κ3) is 4.65. The van der Waals surface area contributed by atoms with Crippen LogP contribution in [0.1, 0.15) is 59.3 Å². The first-order valence-corrected chi connectivity index (χ1v) is 6.77. The Kier molecular flexibility index (Phi) is 6.04. The lowest BCUT2D eigenvalue weighted by Gasteiger charge is -2.28. The Balaban J connectivity index is 2.29. The number of rotatable bonds is 6. The molecule has 2 atom stereocenters. The van der Waals surface area contributed by atoms with E-state index in [9.17, 15) is 4.79 Å². The summed E-state index contributed by atoms with van der Waals surface area (Å²) in [4.78, 5) is 11.8. The summed E-state index contributed by atoms with van der Waals surface area (Å²) in [6.45, 7) is 7.06. The van der Waals surface area contributed by atoms with Gasteiger partial charge in [0.2, 0.25) is 0 Å². The highest BCUT2D eigenvalue weighted by molar-refractivity contribution is 5.81. The minimum Gasteiger partial charge on any atom is -0.379 e. The van der Waals surface area contributed by atoms with Gasteiger partial charge in [0.15, 0.2) is 0 Å². The second kappa shape index (κ2) is 7.05. The predicted octanol–water partition coefficient (Wildman–Crippen LogP) is 3.59. The van der Waals surface area contributed by atoms with Crippen LogP contribution in [0.5, 0.6) is 0 Å². The normalized spacial score (nSPS) is 26.4. The van der Waals surface area contributed by atoms with E-state index in [1.807, 2.05) is 13.8 Å². The highest BCUT2D eigenvalue weighted by atomic mass is 16.5. The molecular formula is C14H26O2. The zero-order valence-electron chi connectivity index (χ0n) is 11.0. The molecule has 1 saturated carbocycles. The number of Topliss-reactive ketones (excluding diaryl/α,β-unsaturated/α-hetero) is 1. The molecule has 2 nitrogen and oxygen atoms in total. The monoisotopic (exact) mass is 226 g/mol. The van der Waals surface area contributed by atoms with E-state index in [1.54, 1.807) is 0 Å². The molecule has 0 aliphatic heterocycles. The van der Waals surface area contributed by atoms with Crippen molar-refractivity contribution >= 4 is 5.78 Å². The minimum absolute atomic E-state index is 0.282. The van der Waals surface area contributed by atoms with E-state index in [0.29, 0.717) is 5.78 Å². The van der Waals surface area contributed by atoms with Crippen LogP contribution in [0.15, 0.2) is 0 Å². The highest BCUT2D eigenvalue weighted by Gasteiger charge is 2.27. The first-order chi connectivity index (χ1) is 7.63. The Hall–Kier alpha value is -0.370. The van der Waals surface area contributed by atoms with Crippen molar-refractivity contribution in [2.75, 3.05) is 6.61 Å². The summed E-state index contributed by atoms with van der Waals surface area (Å²) in [5, 5.41) is 0. The largest absolute Gasteiger partial charge is 0.379 e. The summed E-state index contributed by atoms with van der Waals surface area (Å²) >= 11 is 0. The van der Waals surface area contributed by atoms with Crippen LogP contribution in [-0.2, 0) is 9.53 Å². The molecule has 0 aromatic heterocycles. The SMILES string of the molecule is CCCC1CCC(=O)C(CCOC(C)C)C1. The van der Waals surface area contributed by atoms with E-state index in [0.717, 1.165) is 38.2 Å². The molecule has 1 aliphatic rings. The number of carbonyl (C=O) groups is 1. The van der Waals surface area contributed by atoms with Crippen LogP contribution in [0, 0.1) is 11.8 Å². The van der Waals surface area contributed by atoms with Gasteiger partial charge in [0, 0.05) is 18.9 Å². The maximum atomic E-state index is 11.8. The number of hydrogen-bond acceptors (Lipinski definition) is 2. The average molecular weight is 226 g/mol. The van der Waals surface area contributed by atoms with Gasteiger partial charge in [-0.05, 0) is 39.0 Å². The standard InChI is InChI=1S/C14H26O2/c1-4-5-12-6-7-14(15)13(10-12)8-9-16-11(2)3/h11-13H,4-10H2,1-3H3. The van der Waals surface area contributed by atoms with Gasteiger partial charge in [-0.15, -0.1) is 0 Å². The molecule has 0 amide bonds. The van der Waals surface area contributed by atoms with Crippen LogP contribution >= 0.6 is 0 Å². The molecule has 2 heteroatoms. The Bertz CT molecular complexity index is 211. The summed E-state index contributed by atoms with van der Waals surface area (Å²) in [7, 11) is 0. The van der Waals surface area contributed by atoms with Crippen molar-refractivity contribution in [1.29, 1.82) is 0 Å². The average Bonchev–Trinajstić information content (AvgIpc) is 2.22. The number of carbonyl (C=O) groups excluding carboxylic acids is 1. The Labute approximate surface area is 99.8 Å². The van der Waals surface area contributed by atoms with Crippen LogP contribution in [0.3, 0.4) is 0 Å². The van der Waals surface area contributed by atoms with E-state index in [1.165, 1.54) is 12.8 Å². The minimum atomic E-state index is 0.282. The van der Waals surface area contributed by atoms with Gasteiger partial charge in [-0.1, -0.05) is 19.8 Å². The van der Waals surface area contributed by atoms with E-state index >= 15 is 0 Å². The van der Waals surface area contributed by atoms with E-state index in [4.69, 9.17) is 4.74 Å². The van der Waals surface area contributed by atoms with Crippen molar-refractivity contribution in [3.05, 3.63) is 0 Å². The number of hydrogen-bond donors (Lipinski definition) is 0. The molecule has 1 rings (SSSR count). The van der Waals surface area contributed by atoms with Gasteiger partial charge in [0.05, 0.1) is 6.10 Å². The summed E-state index contributed by atoms with van der Waals surface area (Å²) in [6.07, 6.45) is 6.77. The van der Waals surface area contributed by atoms with Crippen LogP contribution in [-0.4, -0.2) is 18.5 Å². The van der Waals surface area contributed by atoms with Gasteiger partial charge in [0.25, 0.3) is 0 Å².